The lowest BCUT2D eigenvalue weighted by atomic mass is 9.96. The summed E-state index contributed by atoms with van der Waals surface area (Å²) in [7, 11) is 1.64. The number of methoxy groups -OCH3 is 1. The summed E-state index contributed by atoms with van der Waals surface area (Å²) in [4.78, 5) is 12.8. The van der Waals surface area contributed by atoms with Crippen molar-refractivity contribution in [3.05, 3.63) is 89.2 Å². The van der Waals surface area contributed by atoms with Crippen LogP contribution in [0.1, 0.15) is 48.9 Å². The van der Waals surface area contributed by atoms with Crippen molar-refractivity contribution in [2.24, 2.45) is 0 Å². The number of fused-ring (bicyclic) bond motifs is 1. The molecule has 0 radical (unpaired) electrons. The highest BCUT2D eigenvalue weighted by Crippen LogP contribution is 2.40. The predicted octanol–water partition coefficient (Wildman–Crippen LogP) is 7.89. The molecule has 174 valence electrons. The molecule has 0 aliphatic carbocycles. The average molecular weight is 454 g/mol. The minimum atomic E-state index is -0.180. The highest BCUT2D eigenvalue weighted by atomic mass is 16.5. The first-order chi connectivity index (χ1) is 16.3. The van der Waals surface area contributed by atoms with E-state index in [2.05, 4.69) is 56.4 Å². The number of furan rings is 1. The van der Waals surface area contributed by atoms with Crippen LogP contribution in [0.2, 0.25) is 0 Å². The molecule has 0 bridgehead atoms. The van der Waals surface area contributed by atoms with Crippen molar-refractivity contribution in [1.29, 1.82) is 0 Å². The van der Waals surface area contributed by atoms with Crippen LogP contribution in [-0.4, -0.2) is 13.0 Å². The molecule has 0 saturated carbocycles. The lowest BCUT2D eigenvalue weighted by Crippen LogP contribution is -2.09. The van der Waals surface area contributed by atoms with Crippen molar-refractivity contribution in [2.45, 2.75) is 40.5 Å². The molecule has 0 atom stereocenters. The summed E-state index contributed by atoms with van der Waals surface area (Å²) in [5.74, 6) is 0.978. The van der Waals surface area contributed by atoms with Gasteiger partial charge >= 0.3 is 0 Å². The van der Waals surface area contributed by atoms with Crippen LogP contribution in [0.3, 0.4) is 0 Å². The van der Waals surface area contributed by atoms with Crippen LogP contribution in [0.5, 0.6) is 5.75 Å². The molecule has 1 heterocycles. The number of amides is 1. The monoisotopic (exact) mass is 453 g/mol. The lowest BCUT2D eigenvalue weighted by Gasteiger charge is -2.13. The van der Waals surface area contributed by atoms with E-state index in [0.29, 0.717) is 11.7 Å². The van der Waals surface area contributed by atoms with Crippen LogP contribution in [-0.2, 0) is 4.79 Å². The predicted molar refractivity (Wildman–Crippen MR) is 140 cm³/mol. The van der Waals surface area contributed by atoms with Gasteiger partial charge < -0.3 is 14.5 Å². The van der Waals surface area contributed by atoms with Crippen molar-refractivity contribution in [3.63, 3.8) is 0 Å². The number of anilines is 1. The number of hydrogen-bond donors (Lipinski definition) is 1. The van der Waals surface area contributed by atoms with Gasteiger partial charge in [-0.15, -0.1) is 0 Å². The first-order valence-electron chi connectivity index (χ1n) is 11.5. The van der Waals surface area contributed by atoms with Gasteiger partial charge in [-0.2, -0.15) is 0 Å². The Hall–Kier alpha value is -3.79. The van der Waals surface area contributed by atoms with E-state index in [1.807, 2.05) is 38.1 Å². The average Bonchev–Trinajstić information content (AvgIpc) is 3.24. The number of carbonyl (C=O) groups excluding carboxylic acids is 1. The SMILES string of the molecule is COc1c(/C(C)=C/C(=O)Nc2ccc(C(C)C)cc2)cc2c(-c3ccc(C)cc3)coc2c1C. The van der Waals surface area contributed by atoms with E-state index in [1.165, 1.54) is 11.1 Å². The Morgan fingerprint density at radius 3 is 2.32 bits per heavy atom. The standard InChI is InChI=1S/C30H31NO3/c1-18(2)22-11-13-24(14-12-22)31-28(32)15-20(4)25-16-26-27(23-9-7-19(3)8-10-23)17-34-30(26)21(5)29(25)33-6/h7-18H,1-6H3,(H,31,32)/b20-15+. The number of aryl methyl sites for hydroxylation is 2. The molecule has 1 amide bonds. The molecular formula is C30H31NO3. The maximum atomic E-state index is 12.8. The molecule has 0 fully saturated rings. The van der Waals surface area contributed by atoms with E-state index >= 15 is 0 Å². The molecule has 34 heavy (non-hydrogen) atoms. The largest absolute Gasteiger partial charge is 0.496 e. The molecule has 4 rings (SSSR count). The van der Waals surface area contributed by atoms with Crippen molar-refractivity contribution in [3.8, 4) is 16.9 Å². The third-order valence-electron chi connectivity index (χ3n) is 6.23. The second kappa shape index (κ2) is 9.60. The van der Waals surface area contributed by atoms with E-state index in [1.54, 1.807) is 19.4 Å². The van der Waals surface area contributed by atoms with Gasteiger partial charge in [0.25, 0.3) is 0 Å². The van der Waals surface area contributed by atoms with E-state index < -0.39 is 0 Å². The van der Waals surface area contributed by atoms with Gasteiger partial charge in [0.05, 0.1) is 13.4 Å². The molecule has 1 aromatic heterocycles. The van der Waals surface area contributed by atoms with Gasteiger partial charge in [0, 0.05) is 33.8 Å². The normalized spacial score (nSPS) is 11.8. The number of allylic oxidation sites excluding steroid dienone is 1. The molecule has 0 aliphatic heterocycles. The molecule has 0 spiro atoms. The molecule has 4 heteroatoms. The summed E-state index contributed by atoms with van der Waals surface area (Å²) in [5.41, 5.74) is 8.70. The highest BCUT2D eigenvalue weighted by Gasteiger charge is 2.19. The zero-order chi connectivity index (χ0) is 24.4. The zero-order valence-corrected chi connectivity index (χ0v) is 20.7. The fraction of sp³-hybridized carbons (Fsp3) is 0.233. The van der Waals surface area contributed by atoms with Gasteiger partial charge in [-0.25, -0.2) is 0 Å². The number of nitrogens with one attached hydrogen (secondary N) is 1. The third kappa shape index (κ3) is 4.62. The molecule has 4 aromatic rings. The van der Waals surface area contributed by atoms with Gasteiger partial charge in [-0.3, -0.25) is 4.79 Å². The van der Waals surface area contributed by atoms with Crippen LogP contribution >= 0.6 is 0 Å². The molecule has 0 unspecified atom stereocenters. The van der Waals surface area contributed by atoms with Crippen molar-refractivity contribution < 1.29 is 13.9 Å². The van der Waals surface area contributed by atoms with E-state index in [9.17, 15) is 4.79 Å². The summed E-state index contributed by atoms with van der Waals surface area (Å²) < 4.78 is 11.7. The molecule has 0 saturated heterocycles. The summed E-state index contributed by atoms with van der Waals surface area (Å²) in [6, 6.07) is 18.4. The first-order valence-corrected chi connectivity index (χ1v) is 11.5. The van der Waals surface area contributed by atoms with E-state index in [-0.39, 0.29) is 5.91 Å². The Morgan fingerprint density at radius 2 is 1.71 bits per heavy atom. The number of carbonyl (C=O) groups is 1. The van der Waals surface area contributed by atoms with Gasteiger partial charge in [0.2, 0.25) is 5.91 Å². The maximum absolute atomic E-state index is 12.8. The second-order valence-corrected chi connectivity index (χ2v) is 9.07. The van der Waals surface area contributed by atoms with Gasteiger partial charge in [0.15, 0.2) is 0 Å². The number of ether oxygens (including phenoxy) is 1. The van der Waals surface area contributed by atoms with Crippen LogP contribution in [0.15, 0.2) is 71.4 Å². The lowest BCUT2D eigenvalue weighted by molar-refractivity contribution is -0.111. The Bertz CT molecular complexity index is 1360. The highest BCUT2D eigenvalue weighted by molar-refractivity contribution is 6.06. The van der Waals surface area contributed by atoms with Gasteiger partial charge in [-0.05, 0) is 61.6 Å². The second-order valence-electron chi connectivity index (χ2n) is 9.07. The number of rotatable bonds is 6. The summed E-state index contributed by atoms with van der Waals surface area (Å²) >= 11 is 0. The Kier molecular flexibility index (Phi) is 6.60. The molecule has 3 aromatic carbocycles. The maximum Gasteiger partial charge on any atom is 0.248 e. The van der Waals surface area contributed by atoms with Gasteiger partial charge in [-0.1, -0.05) is 55.8 Å². The Balaban J connectivity index is 1.70. The minimum Gasteiger partial charge on any atom is -0.496 e. The third-order valence-corrected chi connectivity index (χ3v) is 6.23. The van der Waals surface area contributed by atoms with Crippen molar-refractivity contribution in [1.82, 2.24) is 0 Å². The quantitative estimate of drug-likeness (QED) is 0.302. The first kappa shape index (κ1) is 23.4. The van der Waals surface area contributed by atoms with Crippen LogP contribution < -0.4 is 10.1 Å². The van der Waals surface area contributed by atoms with Gasteiger partial charge in [0.1, 0.15) is 11.3 Å². The van der Waals surface area contributed by atoms with Crippen LogP contribution in [0.25, 0.3) is 27.7 Å². The minimum absolute atomic E-state index is 0.180. The number of hydrogen-bond acceptors (Lipinski definition) is 3. The molecular weight excluding hydrogens is 422 g/mol. The Labute approximate surface area is 201 Å². The van der Waals surface area contributed by atoms with E-state index in [0.717, 1.165) is 44.5 Å². The van der Waals surface area contributed by atoms with Crippen LogP contribution in [0, 0.1) is 13.8 Å². The fourth-order valence-corrected chi connectivity index (χ4v) is 4.23. The fourth-order valence-electron chi connectivity index (χ4n) is 4.23. The van der Waals surface area contributed by atoms with Crippen molar-refractivity contribution in [2.75, 3.05) is 12.4 Å². The molecule has 1 N–H and O–H groups in total. The Morgan fingerprint density at radius 1 is 1.03 bits per heavy atom. The topological polar surface area (TPSA) is 51.5 Å². The van der Waals surface area contributed by atoms with E-state index in [4.69, 9.17) is 9.15 Å². The summed E-state index contributed by atoms with van der Waals surface area (Å²) in [6.45, 7) is 10.3. The zero-order valence-electron chi connectivity index (χ0n) is 20.7. The number of benzene rings is 3. The smallest absolute Gasteiger partial charge is 0.248 e. The summed E-state index contributed by atoms with van der Waals surface area (Å²) in [5, 5.41) is 3.96. The summed E-state index contributed by atoms with van der Waals surface area (Å²) in [6.07, 6.45) is 3.41. The van der Waals surface area contributed by atoms with Crippen LogP contribution in [0.4, 0.5) is 5.69 Å². The molecule has 0 aliphatic rings. The van der Waals surface area contributed by atoms with Crippen molar-refractivity contribution >= 4 is 28.1 Å². The molecule has 4 nitrogen and oxygen atoms in total.